The number of aliphatic hydroxyl groups is 1. The first kappa shape index (κ1) is 14.9. The van der Waals surface area contributed by atoms with Crippen LogP contribution in [0.2, 0.25) is 0 Å². The van der Waals surface area contributed by atoms with E-state index in [1.165, 1.54) is 11.8 Å². The van der Waals surface area contributed by atoms with Gasteiger partial charge in [-0.1, -0.05) is 6.42 Å². The molecule has 2 N–H and O–H groups in total. The lowest BCUT2D eigenvalue weighted by molar-refractivity contribution is -0.130. The third kappa shape index (κ3) is 8.23. The SMILES string of the molecule is CC(=O)NCCCCCC(=O)N(C)CCO. The Morgan fingerprint density at radius 3 is 2.50 bits per heavy atom. The number of aliphatic hydroxyl groups excluding tert-OH is 1. The largest absolute Gasteiger partial charge is 0.395 e. The van der Waals surface area contributed by atoms with Crippen LogP contribution < -0.4 is 5.32 Å². The van der Waals surface area contributed by atoms with Crippen LogP contribution in [0.4, 0.5) is 0 Å². The van der Waals surface area contributed by atoms with Crippen molar-refractivity contribution in [1.29, 1.82) is 0 Å². The van der Waals surface area contributed by atoms with Crippen molar-refractivity contribution in [3.8, 4) is 0 Å². The summed E-state index contributed by atoms with van der Waals surface area (Å²) in [6.45, 7) is 2.57. The lowest BCUT2D eigenvalue weighted by Gasteiger charge is -2.15. The molecule has 0 bridgehead atoms. The van der Waals surface area contributed by atoms with Crippen LogP contribution in [0, 0.1) is 0 Å². The van der Waals surface area contributed by atoms with Crippen molar-refractivity contribution in [3.63, 3.8) is 0 Å². The zero-order valence-electron chi connectivity index (χ0n) is 10.2. The minimum absolute atomic E-state index is 0.00473. The van der Waals surface area contributed by atoms with E-state index in [-0.39, 0.29) is 18.4 Å². The topological polar surface area (TPSA) is 69.6 Å². The summed E-state index contributed by atoms with van der Waals surface area (Å²) in [6.07, 6.45) is 3.17. The maximum Gasteiger partial charge on any atom is 0.222 e. The zero-order valence-corrected chi connectivity index (χ0v) is 10.2. The summed E-state index contributed by atoms with van der Waals surface area (Å²) in [5, 5.41) is 11.4. The molecule has 0 fully saturated rings. The molecule has 0 aromatic heterocycles. The summed E-state index contributed by atoms with van der Waals surface area (Å²) >= 11 is 0. The van der Waals surface area contributed by atoms with E-state index in [9.17, 15) is 9.59 Å². The number of nitrogens with one attached hydrogen (secondary N) is 1. The van der Waals surface area contributed by atoms with Gasteiger partial charge in [-0.15, -0.1) is 0 Å². The first-order chi connectivity index (χ1) is 7.57. The standard InChI is InChI=1S/C11H22N2O3/c1-10(15)12-7-5-3-4-6-11(16)13(2)8-9-14/h14H,3-9H2,1-2H3,(H,12,15). The summed E-state index contributed by atoms with van der Waals surface area (Å²) in [5.41, 5.74) is 0. The van der Waals surface area contributed by atoms with Gasteiger partial charge in [0.15, 0.2) is 0 Å². The molecule has 0 heterocycles. The Morgan fingerprint density at radius 1 is 1.25 bits per heavy atom. The highest BCUT2D eigenvalue weighted by molar-refractivity contribution is 5.75. The molecule has 0 saturated heterocycles. The molecule has 16 heavy (non-hydrogen) atoms. The maximum atomic E-state index is 11.4. The van der Waals surface area contributed by atoms with E-state index in [1.54, 1.807) is 7.05 Å². The molecule has 0 aromatic carbocycles. The second-order valence-corrected chi connectivity index (χ2v) is 3.83. The van der Waals surface area contributed by atoms with Crippen LogP contribution >= 0.6 is 0 Å². The molecule has 5 heteroatoms. The Balaban J connectivity index is 3.37. The second kappa shape index (κ2) is 9.15. The molecular weight excluding hydrogens is 208 g/mol. The molecule has 0 aliphatic carbocycles. The highest BCUT2D eigenvalue weighted by atomic mass is 16.3. The van der Waals surface area contributed by atoms with E-state index >= 15 is 0 Å². The minimum atomic E-state index is -0.0150. The molecule has 0 aliphatic heterocycles. The number of rotatable bonds is 8. The summed E-state index contributed by atoms with van der Waals surface area (Å²) < 4.78 is 0. The molecule has 5 nitrogen and oxygen atoms in total. The average molecular weight is 230 g/mol. The Kier molecular flexibility index (Phi) is 8.52. The van der Waals surface area contributed by atoms with Gasteiger partial charge in [0.25, 0.3) is 0 Å². The van der Waals surface area contributed by atoms with Gasteiger partial charge in [-0.3, -0.25) is 9.59 Å². The average Bonchev–Trinajstić information content (AvgIpc) is 2.22. The molecule has 0 aromatic rings. The number of likely N-dealkylation sites (N-methyl/N-ethyl adjacent to an activating group) is 1. The van der Waals surface area contributed by atoms with Gasteiger partial charge in [0.2, 0.25) is 11.8 Å². The molecule has 0 radical (unpaired) electrons. The van der Waals surface area contributed by atoms with Crippen LogP contribution in [0.1, 0.15) is 32.6 Å². The third-order valence-electron chi connectivity index (χ3n) is 2.30. The fourth-order valence-corrected chi connectivity index (χ4v) is 1.31. The Bertz CT molecular complexity index is 219. The third-order valence-corrected chi connectivity index (χ3v) is 2.30. The van der Waals surface area contributed by atoms with Gasteiger partial charge in [-0.25, -0.2) is 0 Å². The smallest absolute Gasteiger partial charge is 0.222 e. The van der Waals surface area contributed by atoms with Crippen molar-refractivity contribution >= 4 is 11.8 Å². The number of carbonyl (C=O) groups excluding carboxylic acids is 2. The molecule has 0 aliphatic rings. The summed E-state index contributed by atoms with van der Waals surface area (Å²) in [6, 6.07) is 0. The van der Waals surface area contributed by atoms with Gasteiger partial charge in [0.05, 0.1) is 6.61 Å². The molecule has 0 spiro atoms. The van der Waals surface area contributed by atoms with Crippen molar-refractivity contribution in [2.24, 2.45) is 0 Å². The lowest BCUT2D eigenvalue weighted by atomic mass is 10.2. The highest BCUT2D eigenvalue weighted by Gasteiger charge is 2.06. The van der Waals surface area contributed by atoms with Crippen LogP contribution in [0.25, 0.3) is 0 Å². The predicted octanol–water partition coefficient (Wildman–Crippen LogP) is 0.134. The Labute approximate surface area is 96.8 Å². The van der Waals surface area contributed by atoms with Gasteiger partial charge in [0.1, 0.15) is 0 Å². The molecular formula is C11H22N2O3. The number of hydrogen-bond donors (Lipinski definition) is 2. The number of unbranched alkanes of at least 4 members (excludes halogenated alkanes) is 2. The van der Waals surface area contributed by atoms with Crippen LogP contribution in [-0.2, 0) is 9.59 Å². The maximum absolute atomic E-state index is 11.4. The fraction of sp³-hybridized carbons (Fsp3) is 0.818. The first-order valence-electron chi connectivity index (χ1n) is 5.67. The fourth-order valence-electron chi connectivity index (χ4n) is 1.31. The molecule has 94 valence electrons. The first-order valence-corrected chi connectivity index (χ1v) is 5.67. The van der Waals surface area contributed by atoms with Gasteiger partial charge in [0, 0.05) is 33.5 Å². The normalized spacial score (nSPS) is 9.94. The minimum Gasteiger partial charge on any atom is -0.395 e. The number of amides is 2. The molecule has 0 saturated carbocycles. The van der Waals surface area contributed by atoms with Crippen LogP contribution in [0.15, 0.2) is 0 Å². The summed E-state index contributed by atoms with van der Waals surface area (Å²) in [4.78, 5) is 23.5. The zero-order chi connectivity index (χ0) is 12.4. The van der Waals surface area contributed by atoms with Crippen molar-refractivity contribution in [3.05, 3.63) is 0 Å². The number of carbonyl (C=O) groups is 2. The molecule has 2 amide bonds. The van der Waals surface area contributed by atoms with Gasteiger partial charge in [-0.05, 0) is 12.8 Å². The highest BCUT2D eigenvalue weighted by Crippen LogP contribution is 2.01. The van der Waals surface area contributed by atoms with Crippen LogP contribution in [0.5, 0.6) is 0 Å². The molecule has 0 rings (SSSR count). The van der Waals surface area contributed by atoms with E-state index in [0.717, 1.165) is 19.3 Å². The predicted molar refractivity (Wildman–Crippen MR) is 61.9 cm³/mol. The second-order valence-electron chi connectivity index (χ2n) is 3.83. The van der Waals surface area contributed by atoms with E-state index in [4.69, 9.17) is 5.11 Å². The van der Waals surface area contributed by atoms with Gasteiger partial charge in [-0.2, -0.15) is 0 Å². The van der Waals surface area contributed by atoms with Gasteiger partial charge < -0.3 is 15.3 Å². The van der Waals surface area contributed by atoms with E-state index < -0.39 is 0 Å². The molecule has 0 atom stereocenters. The summed E-state index contributed by atoms with van der Waals surface area (Å²) in [5.74, 6) is 0.0485. The lowest BCUT2D eigenvalue weighted by Crippen LogP contribution is -2.29. The number of nitrogens with zero attached hydrogens (tertiary/aromatic N) is 1. The summed E-state index contributed by atoms with van der Waals surface area (Å²) in [7, 11) is 1.69. The van der Waals surface area contributed by atoms with Crippen LogP contribution in [-0.4, -0.2) is 48.6 Å². The van der Waals surface area contributed by atoms with E-state index in [2.05, 4.69) is 5.32 Å². The van der Waals surface area contributed by atoms with E-state index in [0.29, 0.717) is 19.5 Å². The van der Waals surface area contributed by atoms with Crippen molar-refractivity contribution < 1.29 is 14.7 Å². The van der Waals surface area contributed by atoms with Crippen molar-refractivity contribution in [2.45, 2.75) is 32.6 Å². The van der Waals surface area contributed by atoms with Crippen molar-refractivity contribution in [2.75, 3.05) is 26.7 Å². The van der Waals surface area contributed by atoms with Crippen molar-refractivity contribution in [1.82, 2.24) is 10.2 Å². The monoisotopic (exact) mass is 230 g/mol. The quantitative estimate of drug-likeness (QED) is 0.582. The number of hydrogen-bond acceptors (Lipinski definition) is 3. The van der Waals surface area contributed by atoms with Gasteiger partial charge >= 0.3 is 0 Å². The Morgan fingerprint density at radius 2 is 1.94 bits per heavy atom. The Hall–Kier alpha value is -1.10. The van der Waals surface area contributed by atoms with Crippen LogP contribution in [0.3, 0.4) is 0 Å². The molecule has 0 unspecified atom stereocenters. The van der Waals surface area contributed by atoms with E-state index in [1.807, 2.05) is 0 Å².